The molecule has 0 unspecified atom stereocenters. The molecule has 0 amide bonds. The number of carbonyl (C=O) groups is 4. The summed E-state index contributed by atoms with van der Waals surface area (Å²) in [4.78, 5) is 47.6. The van der Waals surface area contributed by atoms with Crippen molar-refractivity contribution in [3.8, 4) is 0 Å². The van der Waals surface area contributed by atoms with Crippen molar-refractivity contribution in [3.63, 3.8) is 0 Å². The lowest BCUT2D eigenvalue weighted by Gasteiger charge is -2.13. The van der Waals surface area contributed by atoms with E-state index in [-0.39, 0.29) is 22.3 Å². The molecule has 0 spiro atoms. The van der Waals surface area contributed by atoms with Gasteiger partial charge in [-0.3, -0.25) is 4.79 Å². The third-order valence-electron chi connectivity index (χ3n) is 2.84. The first kappa shape index (κ1) is 17.1. The van der Waals surface area contributed by atoms with Gasteiger partial charge in [0.25, 0.3) is 0 Å². The van der Waals surface area contributed by atoms with E-state index in [0.717, 1.165) is 27.4 Å². The maximum atomic E-state index is 12.1. The van der Waals surface area contributed by atoms with Crippen LogP contribution in [0.5, 0.6) is 0 Å². The van der Waals surface area contributed by atoms with E-state index >= 15 is 0 Å². The van der Waals surface area contributed by atoms with Crippen LogP contribution < -0.4 is 0 Å². The molecule has 1 rings (SSSR count). The van der Waals surface area contributed by atoms with Crippen LogP contribution in [-0.2, 0) is 14.2 Å². The minimum atomic E-state index is -0.962. The molecular formula is C15H14O7. The molecule has 0 bridgehead atoms. The van der Waals surface area contributed by atoms with Crippen molar-refractivity contribution in [1.82, 2.24) is 0 Å². The summed E-state index contributed by atoms with van der Waals surface area (Å²) in [7, 11) is 3.32. The van der Waals surface area contributed by atoms with Crippen molar-refractivity contribution in [2.75, 3.05) is 21.3 Å². The molecule has 0 saturated heterocycles. The summed E-state index contributed by atoms with van der Waals surface area (Å²) in [6.45, 7) is 3.31. The lowest BCUT2D eigenvalue weighted by atomic mass is 9.92. The van der Waals surface area contributed by atoms with E-state index in [4.69, 9.17) is 0 Å². The molecule has 7 nitrogen and oxygen atoms in total. The second kappa shape index (κ2) is 7.16. The molecule has 1 aromatic rings. The van der Waals surface area contributed by atoms with Gasteiger partial charge in [0.2, 0.25) is 0 Å². The lowest BCUT2D eigenvalue weighted by molar-refractivity contribution is 0.0550. The summed E-state index contributed by atoms with van der Waals surface area (Å²) in [5, 5.41) is 0. The predicted molar refractivity (Wildman–Crippen MR) is 75.0 cm³/mol. The number of methoxy groups -OCH3 is 3. The summed E-state index contributed by atoms with van der Waals surface area (Å²) < 4.78 is 13.7. The van der Waals surface area contributed by atoms with Crippen LogP contribution >= 0.6 is 0 Å². The number of benzene rings is 1. The summed E-state index contributed by atoms with van der Waals surface area (Å²) in [6, 6.07) is 2.38. The molecule has 22 heavy (non-hydrogen) atoms. The Balaban J connectivity index is 3.85. The average Bonchev–Trinajstić information content (AvgIpc) is 2.57. The van der Waals surface area contributed by atoms with E-state index in [9.17, 15) is 19.2 Å². The third-order valence-corrected chi connectivity index (χ3v) is 2.84. The smallest absolute Gasteiger partial charge is 0.339 e. The highest BCUT2D eigenvalue weighted by Gasteiger charge is 2.29. The van der Waals surface area contributed by atoms with Gasteiger partial charge in [0, 0.05) is 0 Å². The van der Waals surface area contributed by atoms with Gasteiger partial charge in [-0.05, 0) is 18.2 Å². The minimum absolute atomic E-state index is 0.180. The number of rotatable bonds is 5. The Labute approximate surface area is 126 Å². The predicted octanol–water partition coefficient (Wildman–Crippen LogP) is 1.42. The zero-order valence-electron chi connectivity index (χ0n) is 12.3. The number of ketones is 1. The number of hydrogen-bond donors (Lipinski definition) is 0. The molecule has 0 N–H and O–H groups in total. The van der Waals surface area contributed by atoms with Gasteiger partial charge in [0.15, 0.2) is 5.78 Å². The molecule has 0 aliphatic rings. The zero-order valence-corrected chi connectivity index (χ0v) is 12.3. The van der Waals surface area contributed by atoms with Gasteiger partial charge in [0.05, 0.1) is 43.6 Å². The van der Waals surface area contributed by atoms with Gasteiger partial charge in [-0.2, -0.15) is 0 Å². The molecule has 1 aromatic carbocycles. The topological polar surface area (TPSA) is 96.0 Å². The van der Waals surface area contributed by atoms with Crippen molar-refractivity contribution >= 4 is 23.7 Å². The number of carbonyl (C=O) groups excluding carboxylic acids is 4. The Morgan fingerprint density at radius 3 is 1.59 bits per heavy atom. The second-order valence-corrected chi connectivity index (χ2v) is 3.95. The molecular weight excluding hydrogens is 292 g/mol. The standard InChI is InChI=1S/C15H14O7/c1-5-10(16)11-8(13(17)20-2)6-7-9(14(18)21-3)12(11)15(19)22-4/h5-7H,1H2,2-4H3. The van der Waals surface area contributed by atoms with Crippen LogP contribution in [0.3, 0.4) is 0 Å². The molecule has 0 aliphatic carbocycles. The van der Waals surface area contributed by atoms with Gasteiger partial charge < -0.3 is 14.2 Å². The van der Waals surface area contributed by atoms with Crippen LogP contribution in [0.2, 0.25) is 0 Å². The van der Waals surface area contributed by atoms with Crippen molar-refractivity contribution in [2.24, 2.45) is 0 Å². The average molecular weight is 306 g/mol. The fourth-order valence-corrected chi connectivity index (χ4v) is 1.83. The Morgan fingerprint density at radius 2 is 1.23 bits per heavy atom. The Morgan fingerprint density at radius 1 is 0.818 bits per heavy atom. The highest BCUT2D eigenvalue weighted by atomic mass is 16.5. The van der Waals surface area contributed by atoms with Crippen LogP contribution in [0, 0.1) is 0 Å². The maximum Gasteiger partial charge on any atom is 0.339 e. The Kier molecular flexibility index (Phi) is 5.57. The monoisotopic (exact) mass is 306 g/mol. The van der Waals surface area contributed by atoms with Crippen LogP contribution in [0.15, 0.2) is 24.8 Å². The van der Waals surface area contributed by atoms with E-state index in [0.29, 0.717) is 0 Å². The molecule has 0 radical (unpaired) electrons. The Hall–Kier alpha value is -2.96. The van der Waals surface area contributed by atoms with Crippen LogP contribution in [0.4, 0.5) is 0 Å². The summed E-state index contributed by atoms with van der Waals surface area (Å²) in [6.07, 6.45) is 0.912. The van der Waals surface area contributed by atoms with Gasteiger partial charge in [0.1, 0.15) is 0 Å². The number of hydrogen-bond acceptors (Lipinski definition) is 7. The fourth-order valence-electron chi connectivity index (χ4n) is 1.83. The molecule has 0 fully saturated rings. The van der Waals surface area contributed by atoms with Crippen molar-refractivity contribution in [2.45, 2.75) is 0 Å². The SMILES string of the molecule is C=CC(=O)c1c(C(=O)OC)ccc(C(=O)OC)c1C(=O)OC. The van der Waals surface area contributed by atoms with E-state index in [1.54, 1.807) is 0 Å². The lowest BCUT2D eigenvalue weighted by Crippen LogP contribution is -2.20. The molecule has 0 aromatic heterocycles. The number of esters is 3. The van der Waals surface area contributed by atoms with Crippen LogP contribution in [0.1, 0.15) is 41.4 Å². The molecule has 0 aliphatic heterocycles. The molecule has 0 saturated carbocycles. The molecule has 116 valence electrons. The van der Waals surface area contributed by atoms with Crippen molar-refractivity contribution < 1.29 is 33.4 Å². The van der Waals surface area contributed by atoms with Gasteiger partial charge in [-0.25, -0.2) is 14.4 Å². The Bertz CT molecular complexity index is 658. The largest absolute Gasteiger partial charge is 0.465 e. The molecule has 7 heteroatoms. The maximum absolute atomic E-state index is 12.1. The van der Waals surface area contributed by atoms with Gasteiger partial charge in [-0.15, -0.1) is 0 Å². The zero-order chi connectivity index (χ0) is 16.9. The van der Waals surface area contributed by atoms with Crippen LogP contribution in [-0.4, -0.2) is 45.0 Å². The first-order valence-electron chi connectivity index (χ1n) is 6.01. The normalized spacial score (nSPS) is 9.59. The highest BCUT2D eigenvalue weighted by Crippen LogP contribution is 2.23. The van der Waals surface area contributed by atoms with E-state index < -0.39 is 23.7 Å². The molecule has 0 heterocycles. The number of allylic oxidation sites excluding steroid dienone is 1. The van der Waals surface area contributed by atoms with Crippen LogP contribution in [0.25, 0.3) is 0 Å². The fraction of sp³-hybridized carbons (Fsp3) is 0.200. The van der Waals surface area contributed by atoms with Gasteiger partial charge >= 0.3 is 17.9 Å². The van der Waals surface area contributed by atoms with Gasteiger partial charge in [-0.1, -0.05) is 6.58 Å². The van der Waals surface area contributed by atoms with Crippen molar-refractivity contribution in [1.29, 1.82) is 0 Å². The second-order valence-electron chi connectivity index (χ2n) is 3.95. The van der Waals surface area contributed by atoms with Crippen molar-refractivity contribution in [3.05, 3.63) is 47.0 Å². The highest BCUT2D eigenvalue weighted by molar-refractivity contribution is 6.19. The van der Waals surface area contributed by atoms with E-state index in [2.05, 4.69) is 20.8 Å². The summed E-state index contributed by atoms with van der Waals surface area (Å²) >= 11 is 0. The first-order valence-corrected chi connectivity index (χ1v) is 6.01. The summed E-state index contributed by atoms with van der Waals surface area (Å²) in [5.74, 6) is -3.38. The van der Waals surface area contributed by atoms with E-state index in [1.165, 1.54) is 12.1 Å². The summed E-state index contributed by atoms with van der Waals surface area (Å²) in [5.41, 5.74) is -1.08. The first-order chi connectivity index (χ1) is 10.4. The van der Waals surface area contributed by atoms with E-state index in [1.807, 2.05) is 0 Å². The quantitative estimate of drug-likeness (QED) is 0.351. The number of ether oxygens (including phenoxy) is 3. The molecule has 0 atom stereocenters. The minimum Gasteiger partial charge on any atom is -0.465 e. The third kappa shape index (κ3) is 3.03.